The summed E-state index contributed by atoms with van der Waals surface area (Å²) in [4.78, 5) is 20.6. The van der Waals surface area contributed by atoms with E-state index in [1.807, 2.05) is 24.5 Å². The third-order valence-electron chi connectivity index (χ3n) is 5.59. The maximum atomic E-state index is 13.9. The normalized spacial score (nSPS) is 15.4. The molecule has 7 nitrogen and oxygen atoms in total. The number of nitrogens with one attached hydrogen (secondary N) is 1. The van der Waals surface area contributed by atoms with Crippen LogP contribution in [-0.2, 0) is 6.54 Å². The van der Waals surface area contributed by atoms with Crippen LogP contribution in [0.3, 0.4) is 0 Å². The molecule has 0 saturated carbocycles. The Labute approximate surface area is 181 Å². The summed E-state index contributed by atoms with van der Waals surface area (Å²) in [7, 11) is 0. The van der Waals surface area contributed by atoms with Crippen LogP contribution in [0.1, 0.15) is 29.8 Å². The number of hydrogen-bond donors (Lipinski definition) is 2. The first-order valence-corrected chi connectivity index (χ1v) is 10.5. The number of pyridine rings is 1. The number of alkyl halides is 1. The van der Waals surface area contributed by atoms with Gasteiger partial charge in [0.1, 0.15) is 11.3 Å². The van der Waals surface area contributed by atoms with E-state index in [0.717, 1.165) is 48.5 Å². The highest BCUT2D eigenvalue weighted by atomic mass is 19.1. The van der Waals surface area contributed by atoms with Gasteiger partial charge in [0, 0.05) is 56.4 Å². The zero-order valence-electron chi connectivity index (χ0n) is 17.9. The Morgan fingerprint density at radius 3 is 2.52 bits per heavy atom. The standard InChI is InChI=1S/C23H28FN5O2/c1-23(2,24)16-27-9-11-28(12-10-27)20-13-19-7-8-29(21(19)25-14-20)15-17-3-5-18(6-4-17)22(30)26-31/h3-8,13-14,31H,9-12,15-16H2,1-2H3,(H,26,30). The van der Waals surface area contributed by atoms with Gasteiger partial charge in [-0.2, -0.15) is 0 Å². The predicted molar refractivity (Wildman–Crippen MR) is 118 cm³/mol. The number of amides is 1. The molecule has 164 valence electrons. The molecule has 1 fully saturated rings. The topological polar surface area (TPSA) is 73.6 Å². The van der Waals surface area contributed by atoms with Crippen LogP contribution >= 0.6 is 0 Å². The smallest absolute Gasteiger partial charge is 0.274 e. The summed E-state index contributed by atoms with van der Waals surface area (Å²) in [5.41, 5.74) is 3.89. The lowest BCUT2D eigenvalue weighted by molar-refractivity contribution is 0.0706. The zero-order valence-corrected chi connectivity index (χ0v) is 17.9. The number of carbonyl (C=O) groups excluding carboxylic acids is 1. The Balaban J connectivity index is 1.43. The molecule has 0 bridgehead atoms. The van der Waals surface area contributed by atoms with Gasteiger partial charge >= 0.3 is 0 Å². The molecule has 8 heteroatoms. The summed E-state index contributed by atoms with van der Waals surface area (Å²) in [6.07, 6.45) is 3.92. The molecular formula is C23H28FN5O2. The van der Waals surface area contributed by atoms with Gasteiger partial charge in [-0.15, -0.1) is 0 Å². The van der Waals surface area contributed by atoms with Crippen molar-refractivity contribution in [1.29, 1.82) is 0 Å². The first kappa shape index (κ1) is 21.3. The number of hydrogen-bond acceptors (Lipinski definition) is 5. The molecule has 0 spiro atoms. The maximum absolute atomic E-state index is 13.9. The largest absolute Gasteiger partial charge is 0.368 e. The molecule has 0 radical (unpaired) electrons. The molecule has 2 N–H and O–H groups in total. The molecule has 1 aliphatic rings. The number of carbonyl (C=O) groups is 1. The van der Waals surface area contributed by atoms with E-state index in [2.05, 4.69) is 26.5 Å². The first-order valence-electron chi connectivity index (χ1n) is 10.5. The Bertz CT molecular complexity index is 1050. The average Bonchev–Trinajstić information content (AvgIpc) is 3.15. The highest BCUT2D eigenvalue weighted by Crippen LogP contribution is 2.23. The molecule has 0 aliphatic carbocycles. The molecule has 1 saturated heterocycles. The van der Waals surface area contributed by atoms with Crippen molar-refractivity contribution >= 4 is 22.6 Å². The minimum atomic E-state index is -1.17. The summed E-state index contributed by atoms with van der Waals surface area (Å²) in [5, 5.41) is 9.80. The van der Waals surface area contributed by atoms with Crippen molar-refractivity contribution in [1.82, 2.24) is 19.9 Å². The Kier molecular flexibility index (Phi) is 5.93. The van der Waals surface area contributed by atoms with Crippen LogP contribution in [-0.4, -0.2) is 64.0 Å². The molecule has 2 aromatic heterocycles. The molecule has 0 unspecified atom stereocenters. The molecule has 1 amide bonds. The van der Waals surface area contributed by atoms with E-state index in [4.69, 9.17) is 10.2 Å². The second kappa shape index (κ2) is 8.64. The minimum Gasteiger partial charge on any atom is -0.368 e. The predicted octanol–water partition coefficient (Wildman–Crippen LogP) is 3.07. The summed E-state index contributed by atoms with van der Waals surface area (Å²) in [6, 6.07) is 11.3. The third kappa shape index (κ3) is 5.03. The van der Waals surface area contributed by atoms with Crippen LogP contribution in [0, 0.1) is 0 Å². The van der Waals surface area contributed by atoms with Gasteiger partial charge in [-0.05, 0) is 43.7 Å². The quantitative estimate of drug-likeness (QED) is 0.469. The molecular weight excluding hydrogens is 397 g/mol. The zero-order chi connectivity index (χ0) is 22.0. The fraction of sp³-hybridized carbons (Fsp3) is 0.391. The fourth-order valence-corrected chi connectivity index (χ4v) is 4.09. The van der Waals surface area contributed by atoms with Crippen molar-refractivity contribution in [2.75, 3.05) is 37.6 Å². The lowest BCUT2D eigenvalue weighted by atomic mass is 10.1. The lowest BCUT2D eigenvalue weighted by Gasteiger charge is -2.37. The number of nitrogens with zero attached hydrogens (tertiary/aromatic N) is 4. The van der Waals surface area contributed by atoms with Crippen molar-refractivity contribution in [2.24, 2.45) is 0 Å². The molecule has 3 aromatic rings. The van der Waals surface area contributed by atoms with Gasteiger partial charge in [0.2, 0.25) is 0 Å². The molecule has 31 heavy (non-hydrogen) atoms. The monoisotopic (exact) mass is 425 g/mol. The minimum absolute atomic E-state index is 0.404. The molecule has 1 aromatic carbocycles. The van der Waals surface area contributed by atoms with Crippen LogP contribution in [0.25, 0.3) is 11.0 Å². The molecule has 4 rings (SSSR count). The highest BCUT2D eigenvalue weighted by Gasteiger charge is 2.24. The number of rotatable bonds is 6. The number of hydroxylamine groups is 1. The van der Waals surface area contributed by atoms with Gasteiger partial charge in [-0.25, -0.2) is 14.9 Å². The van der Waals surface area contributed by atoms with Crippen LogP contribution < -0.4 is 10.4 Å². The van der Waals surface area contributed by atoms with E-state index >= 15 is 0 Å². The van der Waals surface area contributed by atoms with Crippen LogP contribution in [0.5, 0.6) is 0 Å². The fourth-order valence-electron chi connectivity index (χ4n) is 4.09. The van der Waals surface area contributed by atoms with E-state index in [9.17, 15) is 9.18 Å². The van der Waals surface area contributed by atoms with Crippen molar-refractivity contribution in [3.8, 4) is 0 Å². The second-order valence-electron chi connectivity index (χ2n) is 8.67. The van der Waals surface area contributed by atoms with Crippen molar-refractivity contribution in [2.45, 2.75) is 26.1 Å². The lowest BCUT2D eigenvalue weighted by Crippen LogP contribution is -2.49. The van der Waals surface area contributed by atoms with Crippen molar-refractivity contribution in [3.05, 3.63) is 59.9 Å². The number of aromatic nitrogens is 2. The summed E-state index contributed by atoms with van der Waals surface area (Å²) >= 11 is 0. The SMILES string of the molecule is CC(C)(F)CN1CCN(c2cnc3c(ccn3Cc3ccc(C(=O)NO)cc3)c2)CC1. The van der Waals surface area contributed by atoms with E-state index in [0.29, 0.717) is 18.7 Å². The summed E-state index contributed by atoms with van der Waals surface area (Å²) < 4.78 is 16.0. The first-order chi connectivity index (χ1) is 14.8. The number of benzene rings is 1. The maximum Gasteiger partial charge on any atom is 0.274 e. The number of halogens is 1. The number of piperazine rings is 1. The Hall–Kier alpha value is -2.97. The van der Waals surface area contributed by atoms with Crippen LogP contribution in [0.2, 0.25) is 0 Å². The number of anilines is 1. The Morgan fingerprint density at radius 1 is 1.16 bits per heavy atom. The van der Waals surface area contributed by atoms with Gasteiger partial charge in [-0.1, -0.05) is 12.1 Å². The summed E-state index contributed by atoms with van der Waals surface area (Å²) in [5.74, 6) is -0.526. The van der Waals surface area contributed by atoms with Gasteiger partial charge in [0.25, 0.3) is 5.91 Å². The van der Waals surface area contributed by atoms with Crippen LogP contribution in [0.15, 0.2) is 48.8 Å². The Morgan fingerprint density at radius 2 is 1.87 bits per heavy atom. The highest BCUT2D eigenvalue weighted by molar-refractivity contribution is 5.93. The van der Waals surface area contributed by atoms with E-state index in [-0.39, 0.29) is 0 Å². The van der Waals surface area contributed by atoms with E-state index in [1.165, 1.54) is 0 Å². The van der Waals surface area contributed by atoms with Crippen molar-refractivity contribution in [3.63, 3.8) is 0 Å². The number of fused-ring (bicyclic) bond motifs is 1. The van der Waals surface area contributed by atoms with Crippen molar-refractivity contribution < 1.29 is 14.4 Å². The van der Waals surface area contributed by atoms with Gasteiger partial charge < -0.3 is 9.47 Å². The van der Waals surface area contributed by atoms with Gasteiger partial charge in [-0.3, -0.25) is 14.9 Å². The van der Waals surface area contributed by atoms with Gasteiger partial charge in [0.05, 0.1) is 11.9 Å². The van der Waals surface area contributed by atoms with E-state index < -0.39 is 11.6 Å². The third-order valence-corrected chi connectivity index (χ3v) is 5.59. The van der Waals surface area contributed by atoms with E-state index in [1.54, 1.807) is 31.5 Å². The molecule has 3 heterocycles. The van der Waals surface area contributed by atoms with Gasteiger partial charge in [0.15, 0.2) is 0 Å². The summed E-state index contributed by atoms with van der Waals surface area (Å²) in [6.45, 7) is 7.76. The van der Waals surface area contributed by atoms with Crippen LogP contribution in [0.4, 0.5) is 10.1 Å². The second-order valence-corrected chi connectivity index (χ2v) is 8.67. The molecule has 1 aliphatic heterocycles. The average molecular weight is 426 g/mol. The molecule has 0 atom stereocenters.